The summed E-state index contributed by atoms with van der Waals surface area (Å²) in [5.74, 6) is 1.06. The summed E-state index contributed by atoms with van der Waals surface area (Å²) in [5.41, 5.74) is 0.613. The molecule has 0 unspecified atom stereocenters. The Morgan fingerprint density at radius 1 is 1.09 bits per heavy atom. The Labute approximate surface area is 138 Å². The predicted molar refractivity (Wildman–Crippen MR) is 89.6 cm³/mol. The average molecular weight is 336 g/mol. The van der Waals surface area contributed by atoms with Crippen molar-refractivity contribution in [2.75, 3.05) is 18.4 Å². The first-order valence-corrected chi connectivity index (χ1v) is 9.78. The second-order valence-corrected chi connectivity index (χ2v) is 8.60. The van der Waals surface area contributed by atoms with E-state index >= 15 is 0 Å². The largest absolute Gasteiger partial charge is 0.326 e. The summed E-state index contributed by atoms with van der Waals surface area (Å²) in [4.78, 5) is 11.3. The number of sulfonamides is 1. The minimum absolute atomic E-state index is 0.167. The number of nitrogens with one attached hydrogen (secondary N) is 1. The van der Waals surface area contributed by atoms with Crippen molar-refractivity contribution in [1.29, 1.82) is 0 Å². The van der Waals surface area contributed by atoms with E-state index in [1.54, 1.807) is 28.6 Å². The van der Waals surface area contributed by atoms with Gasteiger partial charge in [0.05, 0.1) is 4.90 Å². The fourth-order valence-corrected chi connectivity index (χ4v) is 5.36. The van der Waals surface area contributed by atoms with Gasteiger partial charge in [0.1, 0.15) is 0 Å². The minimum Gasteiger partial charge on any atom is -0.326 e. The predicted octanol–water partition coefficient (Wildman–Crippen LogP) is 2.85. The molecule has 1 heterocycles. The lowest BCUT2D eigenvalue weighted by molar-refractivity contribution is -0.114. The van der Waals surface area contributed by atoms with Crippen LogP contribution in [0.25, 0.3) is 0 Å². The number of fused-ring (bicyclic) bond motifs is 1. The summed E-state index contributed by atoms with van der Waals surface area (Å²) in [7, 11) is -3.44. The van der Waals surface area contributed by atoms with Gasteiger partial charge >= 0.3 is 0 Å². The summed E-state index contributed by atoms with van der Waals surface area (Å²) in [6.07, 6.45) is 5.90. The molecule has 2 fully saturated rings. The molecular formula is C17H24N2O3S. The first-order chi connectivity index (χ1) is 11.0. The number of carbonyl (C=O) groups is 1. The summed E-state index contributed by atoms with van der Waals surface area (Å²) in [6.45, 7) is 2.70. The Bertz CT molecular complexity index is 670. The lowest BCUT2D eigenvalue weighted by Crippen LogP contribution is -2.44. The number of carbonyl (C=O) groups excluding carboxylic acids is 1. The number of benzene rings is 1. The maximum absolute atomic E-state index is 12.8. The van der Waals surface area contributed by atoms with Crippen molar-refractivity contribution < 1.29 is 13.2 Å². The van der Waals surface area contributed by atoms with Crippen LogP contribution >= 0.6 is 0 Å². The van der Waals surface area contributed by atoms with Gasteiger partial charge in [0.25, 0.3) is 0 Å². The van der Waals surface area contributed by atoms with Gasteiger partial charge in [0, 0.05) is 25.7 Å². The molecule has 3 rings (SSSR count). The molecule has 1 aliphatic heterocycles. The molecule has 1 aliphatic carbocycles. The first-order valence-electron chi connectivity index (χ1n) is 8.34. The van der Waals surface area contributed by atoms with Crippen molar-refractivity contribution in [3.8, 4) is 0 Å². The lowest BCUT2D eigenvalue weighted by atomic mass is 9.76. The van der Waals surface area contributed by atoms with Crippen LogP contribution in [0.1, 0.15) is 39.0 Å². The zero-order valence-corrected chi connectivity index (χ0v) is 14.3. The van der Waals surface area contributed by atoms with Gasteiger partial charge in [0.15, 0.2) is 0 Å². The van der Waals surface area contributed by atoms with Crippen molar-refractivity contribution in [3.63, 3.8) is 0 Å². The second-order valence-electron chi connectivity index (χ2n) is 6.66. The van der Waals surface area contributed by atoms with Crippen LogP contribution < -0.4 is 5.32 Å². The van der Waals surface area contributed by atoms with Crippen molar-refractivity contribution in [3.05, 3.63) is 24.3 Å². The van der Waals surface area contributed by atoms with Gasteiger partial charge in [-0.15, -0.1) is 0 Å². The highest BCUT2D eigenvalue weighted by atomic mass is 32.2. The Hall–Kier alpha value is -1.40. The summed E-state index contributed by atoms with van der Waals surface area (Å²) >= 11 is 0. The number of nitrogens with zero attached hydrogens (tertiary/aromatic N) is 1. The van der Waals surface area contributed by atoms with Crippen molar-refractivity contribution in [1.82, 2.24) is 4.31 Å². The fourth-order valence-electron chi connectivity index (χ4n) is 3.85. The van der Waals surface area contributed by atoms with Gasteiger partial charge in [-0.2, -0.15) is 4.31 Å². The molecule has 23 heavy (non-hydrogen) atoms. The number of anilines is 1. The normalized spacial score (nSPS) is 25.6. The average Bonchev–Trinajstić information content (AvgIpc) is 2.54. The molecule has 0 bridgehead atoms. The van der Waals surface area contributed by atoms with Gasteiger partial charge < -0.3 is 5.32 Å². The molecule has 6 heteroatoms. The third kappa shape index (κ3) is 3.58. The van der Waals surface area contributed by atoms with Crippen LogP contribution in [0.2, 0.25) is 0 Å². The SMILES string of the molecule is CC(=O)Nc1ccc(S(=O)(=O)N2CC[C@@H]3CCCC[C@@H]3C2)cc1. The number of piperidine rings is 1. The molecule has 126 valence electrons. The van der Waals surface area contributed by atoms with Crippen LogP contribution in [0.4, 0.5) is 5.69 Å². The van der Waals surface area contributed by atoms with Gasteiger partial charge in [-0.05, 0) is 48.9 Å². The first kappa shape index (κ1) is 16.5. The molecule has 0 spiro atoms. The van der Waals surface area contributed by atoms with Crippen LogP contribution in [-0.2, 0) is 14.8 Å². The Morgan fingerprint density at radius 3 is 2.39 bits per heavy atom. The zero-order chi connectivity index (χ0) is 16.4. The molecule has 2 aliphatic rings. The molecule has 1 aromatic carbocycles. The highest BCUT2D eigenvalue weighted by molar-refractivity contribution is 7.89. The quantitative estimate of drug-likeness (QED) is 0.923. The molecule has 0 radical (unpaired) electrons. The Balaban J connectivity index is 1.74. The van der Waals surface area contributed by atoms with Gasteiger partial charge in [0.2, 0.25) is 15.9 Å². The topological polar surface area (TPSA) is 66.5 Å². The van der Waals surface area contributed by atoms with Crippen LogP contribution in [0.3, 0.4) is 0 Å². The number of hydrogen-bond donors (Lipinski definition) is 1. The van der Waals surface area contributed by atoms with E-state index in [0.717, 1.165) is 12.8 Å². The van der Waals surface area contributed by atoms with E-state index in [4.69, 9.17) is 0 Å². The van der Waals surface area contributed by atoms with E-state index in [1.165, 1.54) is 26.2 Å². The van der Waals surface area contributed by atoms with Crippen molar-refractivity contribution in [2.24, 2.45) is 11.8 Å². The maximum Gasteiger partial charge on any atom is 0.243 e. The second kappa shape index (κ2) is 6.61. The van der Waals surface area contributed by atoms with Crippen LogP contribution in [0.5, 0.6) is 0 Å². The van der Waals surface area contributed by atoms with E-state index in [9.17, 15) is 13.2 Å². The summed E-state index contributed by atoms with van der Waals surface area (Å²) in [5, 5.41) is 2.65. The van der Waals surface area contributed by atoms with Crippen LogP contribution in [0, 0.1) is 11.8 Å². The number of rotatable bonds is 3. The molecule has 2 atom stereocenters. The van der Waals surface area contributed by atoms with E-state index in [2.05, 4.69) is 5.32 Å². The van der Waals surface area contributed by atoms with Gasteiger partial charge in [-0.3, -0.25) is 4.79 Å². The molecule has 1 N–H and O–H groups in total. The van der Waals surface area contributed by atoms with Gasteiger partial charge in [-0.25, -0.2) is 8.42 Å². The smallest absolute Gasteiger partial charge is 0.243 e. The fraction of sp³-hybridized carbons (Fsp3) is 0.588. The van der Waals surface area contributed by atoms with E-state index in [0.29, 0.717) is 35.5 Å². The molecule has 5 nitrogen and oxygen atoms in total. The maximum atomic E-state index is 12.8. The summed E-state index contributed by atoms with van der Waals surface area (Å²) < 4.78 is 27.3. The molecule has 0 aromatic heterocycles. The Morgan fingerprint density at radius 2 is 1.74 bits per heavy atom. The third-order valence-electron chi connectivity index (χ3n) is 5.07. The van der Waals surface area contributed by atoms with E-state index in [-0.39, 0.29) is 5.91 Å². The molecule has 1 saturated heterocycles. The third-order valence-corrected chi connectivity index (χ3v) is 6.95. The molecular weight excluding hydrogens is 312 g/mol. The monoisotopic (exact) mass is 336 g/mol. The molecule has 1 saturated carbocycles. The van der Waals surface area contributed by atoms with Crippen LogP contribution in [-0.4, -0.2) is 31.7 Å². The molecule has 1 aromatic rings. The van der Waals surface area contributed by atoms with E-state index in [1.807, 2.05) is 0 Å². The lowest BCUT2D eigenvalue weighted by Gasteiger charge is -2.40. The zero-order valence-electron chi connectivity index (χ0n) is 13.5. The number of hydrogen-bond acceptors (Lipinski definition) is 3. The highest BCUT2D eigenvalue weighted by Crippen LogP contribution is 2.37. The standard InChI is InChI=1S/C17H24N2O3S/c1-13(20)18-16-6-8-17(9-7-16)23(21,22)19-11-10-14-4-2-3-5-15(14)12-19/h6-9,14-15H,2-5,10-12H2,1H3,(H,18,20)/t14-,15+/m0/s1. The van der Waals surface area contributed by atoms with Crippen molar-refractivity contribution >= 4 is 21.6 Å². The van der Waals surface area contributed by atoms with Gasteiger partial charge in [-0.1, -0.05) is 19.3 Å². The minimum atomic E-state index is -3.44. The number of amides is 1. The van der Waals surface area contributed by atoms with Crippen LogP contribution in [0.15, 0.2) is 29.2 Å². The van der Waals surface area contributed by atoms with Crippen molar-refractivity contribution in [2.45, 2.75) is 43.9 Å². The summed E-state index contributed by atoms with van der Waals surface area (Å²) in [6, 6.07) is 6.43. The molecule has 1 amide bonds. The Kier molecular flexibility index (Phi) is 4.73. The van der Waals surface area contributed by atoms with E-state index < -0.39 is 10.0 Å². The highest BCUT2D eigenvalue weighted by Gasteiger charge is 2.36.